The van der Waals surface area contributed by atoms with Gasteiger partial charge in [0.2, 0.25) is 0 Å². The van der Waals surface area contributed by atoms with Crippen LogP contribution in [-0.4, -0.2) is 9.78 Å². The van der Waals surface area contributed by atoms with Gasteiger partial charge in [0, 0.05) is 12.6 Å². The number of nitrogen functional groups attached to an aromatic ring is 1. The summed E-state index contributed by atoms with van der Waals surface area (Å²) in [5.41, 5.74) is 6.84. The second kappa shape index (κ2) is 3.40. The summed E-state index contributed by atoms with van der Waals surface area (Å²) in [5.74, 6) is 1.62. The summed E-state index contributed by atoms with van der Waals surface area (Å²) >= 11 is 0. The quantitative estimate of drug-likeness (QED) is 0.754. The van der Waals surface area contributed by atoms with E-state index in [1.54, 1.807) is 0 Å². The maximum Gasteiger partial charge on any atom is 0.121 e. The number of nitrogens with two attached hydrogens (primary N) is 1. The van der Waals surface area contributed by atoms with E-state index in [9.17, 15) is 0 Å². The molecule has 1 aromatic heterocycles. The van der Waals surface area contributed by atoms with Crippen molar-refractivity contribution >= 4 is 5.82 Å². The Kier molecular flexibility index (Phi) is 2.25. The molecule has 72 valence electrons. The highest BCUT2D eigenvalue weighted by Gasteiger charge is 2.16. The van der Waals surface area contributed by atoms with Crippen LogP contribution < -0.4 is 5.73 Å². The number of aromatic nitrogens is 2. The van der Waals surface area contributed by atoms with Gasteiger partial charge in [-0.05, 0) is 25.7 Å². The van der Waals surface area contributed by atoms with Gasteiger partial charge in [-0.15, -0.1) is 0 Å². The molecule has 1 aliphatic rings. The number of hydrogen-bond acceptors (Lipinski definition) is 2. The molecule has 2 rings (SSSR count). The molecule has 1 aromatic rings. The Bertz CT molecular complexity index is 284. The maximum absolute atomic E-state index is 5.82. The molecule has 0 bridgehead atoms. The SMILES string of the molecule is Cc1cc(N)n(CC2CCCC2)n1. The first-order chi connectivity index (χ1) is 6.25. The normalized spacial score (nSPS) is 18.2. The minimum atomic E-state index is 0.807. The monoisotopic (exact) mass is 179 g/mol. The number of rotatable bonds is 2. The Labute approximate surface area is 78.9 Å². The molecular weight excluding hydrogens is 162 g/mol. The van der Waals surface area contributed by atoms with Crippen molar-refractivity contribution in [2.75, 3.05) is 5.73 Å². The fraction of sp³-hybridized carbons (Fsp3) is 0.700. The highest BCUT2D eigenvalue weighted by atomic mass is 15.3. The minimum Gasteiger partial charge on any atom is -0.384 e. The molecule has 0 spiro atoms. The van der Waals surface area contributed by atoms with E-state index in [2.05, 4.69) is 5.10 Å². The fourth-order valence-corrected chi connectivity index (χ4v) is 2.15. The van der Waals surface area contributed by atoms with Gasteiger partial charge in [0.25, 0.3) is 0 Å². The van der Waals surface area contributed by atoms with Crippen LogP contribution in [0, 0.1) is 12.8 Å². The van der Waals surface area contributed by atoms with Crippen LogP contribution in [0.5, 0.6) is 0 Å². The standard InChI is InChI=1S/C10H17N3/c1-8-6-10(11)13(12-8)7-9-4-2-3-5-9/h6,9H,2-5,7,11H2,1H3. The van der Waals surface area contributed by atoms with Crippen molar-refractivity contribution in [1.82, 2.24) is 9.78 Å². The fourth-order valence-electron chi connectivity index (χ4n) is 2.15. The smallest absolute Gasteiger partial charge is 0.121 e. The largest absolute Gasteiger partial charge is 0.384 e. The summed E-state index contributed by atoms with van der Waals surface area (Å²) < 4.78 is 1.95. The van der Waals surface area contributed by atoms with Crippen molar-refractivity contribution < 1.29 is 0 Å². The predicted octanol–water partition coefficient (Wildman–Crippen LogP) is 1.96. The van der Waals surface area contributed by atoms with Crippen LogP contribution >= 0.6 is 0 Å². The summed E-state index contributed by atoms with van der Waals surface area (Å²) in [6.45, 7) is 3.00. The molecule has 0 atom stereocenters. The zero-order chi connectivity index (χ0) is 9.26. The predicted molar refractivity (Wildman–Crippen MR) is 53.3 cm³/mol. The van der Waals surface area contributed by atoms with Gasteiger partial charge in [0.15, 0.2) is 0 Å². The van der Waals surface area contributed by atoms with Crippen molar-refractivity contribution in [2.24, 2.45) is 5.92 Å². The molecule has 0 amide bonds. The second-order valence-electron chi connectivity index (χ2n) is 4.04. The molecule has 0 radical (unpaired) electrons. The molecule has 1 fully saturated rings. The van der Waals surface area contributed by atoms with E-state index in [0.29, 0.717) is 0 Å². The van der Waals surface area contributed by atoms with Gasteiger partial charge in [-0.25, -0.2) is 4.68 Å². The molecule has 1 heterocycles. The lowest BCUT2D eigenvalue weighted by atomic mass is 10.1. The average molecular weight is 179 g/mol. The van der Waals surface area contributed by atoms with Gasteiger partial charge >= 0.3 is 0 Å². The van der Waals surface area contributed by atoms with Crippen molar-refractivity contribution in [3.05, 3.63) is 11.8 Å². The van der Waals surface area contributed by atoms with Gasteiger partial charge in [-0.2, -0.15) is 5.10 Å². The molecular formula is C10H17N3. The summed E-state index contributed by atoms with van der Waals surface area (Å²) in [7, 11) is 0. The molecule has 13 heavy (non-hydrogen) atoms. The number of nitrogens with zero attached hydrogens (tertiary/aromatic N) is 2. The summed E-state index contributed by atoms with van der Waals surface area (Å²) in [6.07, 6.45) is 5.45. The van der Waals surface area contributed by atoms with E-state index in [-0.39, 0.29) is 0 Å². The van der Waals surface area contributed by atoms with Crippen LogP contribution in [0.15, 0.2) is 6.07 Å². The van der Waals surface area contributed by atoms with Crippen molar-refractivity contribution in [1.29, 1.82) is 0 Å². The molecule has 3 nitrogen and oxygen atoms in total. The summed E-state index contributed by atoms with van der Waals surface area (Å²) in [4.78, 5) is 0. The van der Waals surface area contributed by atoms with E-state index in [4.69, 9.17) is 5.73 Å². The summed E-state index contributed by atoms with van der Waals surface area (Å²) in [6, 6.07) is 1.94. The first kappa shape index (κ1) is 8.60. The molecule has 0 unspecified atom stereocenters. The summed E-state index contributed by atoms with van der Waals surface area (Å²) in [5, 5.41) is 4.37. The van der Waals surface area contributed by atoms with E-state index in [1.165, 1.54) is 25.7 Å². The van der Waals surface area contributed by atoms with Crippen LogP contribution in [0.1, 0.15) is 31.4 Å². The van der Waals surface area contributed by atoms with Crippen LogP contribution in [0.2, 0.25) is 0 Å². The van der Waals surface area contributed by atoms with Crippen molar-refractivity contribution in [2.45, 2.75) is 39.2 Å². The third-order valence-electron chi connectivity index (χ3n) is 2.84. The second-order valence-corrected chi connectivity index (χ2v) is 4.04. The van der Waals surface area contributed by atoms with Gasteiger partial charge in [-0.3, -0.25) is 0 Å². The topological polar surface area (TPSA) is 43.8 Å². The molecule has 1 saturated carbocycles. The third-order valence-corrected chi connectivity index (χ3v) is 2.84. The molecule has 0 aliphatic heterocycles. The number of anilines is 1. The van der Waals surface area contributed by atoms with Crippen LogP contribution in [-0.2, 0) is 6.54 Å². The first-order valence-corrected chi connectivity index (χ1v) is 5.05. The molecule has 0 aromatic carbocycles. The van der Waals surface area contributed by atoms with Gasteiger partial charge < -0.3 is 5.73 Å². The molecule has 1 aliphatic carbocycles. The number of aryl methyl sites for hydroxylation is 1. The van der Waals surface area contributed by atoms with E-state index >= 15 is 0 Å². The third kappa shape index (κ3) is 1.85. The Morgan fingerprint density at radius 1 is 1.54 bits per heavy atom. The lowest BCUT2D eigenvalue weighted by Gasteiger charge is -2.09. The van der Waals surface area contributed by atoms with E-state index in [0.717, 1.165) is 24.0 Å². The van der Waals surface area contributed by atoms with E-state index < -0.39 is 0 Å². The highest BCUT2D eigenvalue weighted by Crippen LogP contribution is 2.26. The lowest BCUT2D eigenvalue weighted by Crippen LogP contribution is -2.11. The van der Waals surface area contributed by atoms with Crippen molar-refractivity contribution in [3.8, 4) is 0 Å². The van der Waals surface area contributed by atoms with Gasteiger partial charge in [0.05, 0.1) is 5.69 Å². The van der Waals surface area contributed by atoms with E-state index in [1.807, 2.05) is 17.7 Å². The van der Waals surface area contributed by atoms with Crippen LogP contribution in [0.3, 0.4) is 0 Å². The maximum atomic E-state index is 5.82. The number of hydrogen-bond donors (Lipinski definition) is 1. The average Bonchev–Trinajstić information content (AvgIpc) is 2.63. The Hall–Kier alpha value is -0.990. The van der Waals surface area contributed by atoms with Gasteiger partial charge in [-0.1, -0.05) is 12.8 Å². The van der Waals surface area contributed by atoms with Crippen LogP contribution in [0.25, 0.3) is 0 Å². The van der Waals surface area contributed by atoms with Crippen molar-refractivity contribution in [3.63, 3.8) is 0 Å². The lowest BCUT2D eigenvalue weighted by molar-refractivity contribution is 0.432. The highest BCUT2D eigenvalue weighted by molar-refractivity contribution is 5.30. The molecule has 2 N–H and O–H groups in total. The minimum absolute atomic E-state index is 0.807. The Balaban J connectivity index is 2.03. The first-order valence-electron chi connectivity index (χ1n) is 5.05. The Morgan fingerprint density at radius 2 is 2.23 bits per heavy atom. The Morgan fingerprint density at radius 3 is 2.77 bits per heavy atom. The van der Waals surface area contributed by atoms with Gasteiger partial charge in [0.1, 0.15) is 5.82 Å². The molecule has 3 heteroatoms. The zero-order valence-electron chi connectivity index (χ0n) is 8.16. The zero-order valence-corrected chi connectivity index (χ0v) is 8.16. The van der Waals surface area contributed by atoms with Crippen LogP contribution in [0.4, 0.5) is 5.82 Å². The molecule has 0 saturated heterocycles.